The zero-order chi connectivity index (χ0) is 18.8. The van der Waals surface area contributed by atoms with E-state index in [0.717, 1.165) is 19.3 Å². The van der Waals surface area contributed by atoms with E-state index < -0.39 is 17.9 Å². The van der Waals surface area contributed by atoms with E-state index >= 15 is 0 Å². The number of carboxylic acids is 1. The predicted octanol–water partition coefficient (Wildman–Crippen LogP) is 4.79. The van der Waals surface area contributed by atoms with Gasteiger partial charge in [0.05, 0.1) is 18.5 Å². The molecule has 0 aliphatic carbocycles. The summed E-state index contributed by atoms with van der Waals surface area (Å²) in [5.74, 6) is -3.07. The Morgan fingerprint density at radius 2 is 1.12 bits per heavy atom. The molecular formula is C21H39O4-. The molecule has 1 unspecified atom stereocenters. The number of hydrogen-bond acceptors (Lipinski definition) is 4. The summed E-state index contributed by atoms with van der Waals surface area (Å²) in [7, 11) is 0. The number of aliphatic carboxylic acids is 1. The molecule has 0 aliphatic rings. The van der Waals surface area contributed by atoms with Crippen molar-refractivity contribution in [2.45, 2.75) is 110 Å². The minimum Gasteiger partial charge on any atom is -0.549 e. The van der Waals surface area contributed by atoms with Crippen LogP contribution in [0.15, 0.2) is 0 Å². The van der Waals surface area contributed by atoms with Gasteiger partial charge in [0.1, 0.15) is 0 Å². The Balaban J connectivity index is 3.40. The first-order chi connectivity index (χ1) is 12.1. The van der Waals surface area contributed by atoms with Crippen molar-refractivity contribution in [3.8, 4) is 0 Å². The van der Waals surface area contributed by atoms with Gasteiger partial charge < -0.3 is 14.6 Å². The summed E-state index contributed by atoms with van der Waals surface area (Å²) in [4.78, 5) is 22.5. The Kier molecular flexibility index (Phi) is 17.0. The standard InChI is InChI=1S/C21H40O4/c1-3-5-6-7-8-9-10-11-12-13-14-15-16-17-18-19(20(22)23)21(24)25-4-2/h19H,3-18H2,1-2H3,(H,22,23)/p-1. The van der Waals surface area contributed by atoms with Crippen LogP contribution in [0, 0.1) is 5.92 Å². The van der Waals surface area contributed by atoms with Crippen LogP contribution in [-0.4, -0.2) is 18.5 Å². The SMILES string of the molecule is CCCCCCCCCCCCCCCCC(C(=O)[O-])C(=O)OCC. The van der Waals surface area contributed by atoms with Crippen molar-refractivity contribution < 1.29 is 19.4 Å². The maximum Gasteiger partial charge on any atom is 0.314 e. The first-order valence-electron chi connectivity index (χ1n) is 10.5. The maximum absolute atomic E-state index is 11.5. The summed E-state index contributed by atoms with van der Waals surface area (Å²) < 4.78 is 4.78. The van der Waals surface area contributed by atoms with Crippen LogP contribution in [0.2, 0.25) is 0 Å². The fourth-order valence-corrected chi connectivity index (χ4v) is 3.12. The number of unbranched alkanes of at least 4 members (excludes halogenated alkanes) is 13. The fourth-order valence-electron chi connectivity index (χ4n) is 3.12. The summed E-state index contributed by atoms with van der Waals surface area (Å²) >= 11 is 0. The van der Waals surface area contributed by atoms with Crippen molar-refractivity contribution in [2.75, 3.05) is 6.61 Å². The van der Waals surface area contributed by atoms with Gasteiger partial charge in [-0.3, -0.25) is 4.79 Å². The Morgan fingerprint density at radius 1 is 0.720 bits per heavy atom. The van der Waals surface area contributed by atoms with Crippen LogP contribution >= 0.6 is 0 Å². The largest absolute Gasteiger partial charge is 0.549 e. The minimum atomic E-state index is -1.31. The highest BCUT2D eigenvalue weighted by Crippen LogP contribution is 2.15. The molecule has 25 heavy (non-hydrogen) atoms. The number of rotatable bonds is 18. The third kappa shape index (κ3) is 14.9. The number of ether oxygens (including phenoxy) is 1. The van der Waals surface area contributed by atoms with Gasteiger partial charge in [-0.05, 0) is 13.3 Å². The normalized spacial score (nSPS) is 12.1. The molecule has 4 heteroatoms. The van der Waals surface area contributed by atoms with Crippen molar-refractivity contribution in [1.29, 1.82) is 0 Å². The van der Waals surface area contributed by atoms with E-state index in [1.807, 2.05) is 0 Å². The molecule has 0 aromatic rings. The maximum atomic E-state index is 11.5. The Labute approximate surface area is 154 Å². The van der Waals surface area contributed by atoms with E-state index in [-0.39, 0.29) is 6.61 Å². The molecule has 0 bridgehead atoms. The number of hydrogen-bond donors (Lipinski definition) is 0. The lowest BCUT2D eigenvalue weighted by Gasteiger charge is -2.16. The van der Waals surface area contributed by atoms with Crippen molar-refractivity contribution in [2.24, 2.45) is 5.92 Å². The smallest absolute Gasteiger partial charge is 0.314 e. The lowest BCUT2D eigenvalue weighted by molar-refractivity contribution is -0.311. The molecule has 0 heterocycles. The highest BCUT2D eigenvalue weighted by atomic mass is 16.5. The van der Waals surface area contributed by atoms with Gasteiger partial charge in [-0.2, -0.15) is 0 Å². The van der Waals surface area contributed by atoms with E-state index in [0.29, 0.717) is 6.42 Å². The minimum absolute atomic E-state index is 0.210. The van der Waals surface area contributed by atoms with Crippen LogP contribution < -0.4 is 5.11 Å². The van der Waals surface area contributed by atoms with E-state index in [9.17, 15) is 14.7 Å². The Bertz CT molecular complexity index is 328. The second-order valence-corrected chi connectivity index (χ2v) is 7.01. The van der Waals surface area contributed by atoms with Crippen molar-refractivity contribution in [3.63, 3.8) is 0 Å². The van der Waals surface area contributed by atoms with E-state index in [1.165, 1.54) is 70.6 Å². The van der Waals surface area contributed by atoms with Crippen LogP contribution in [-0.2, 0) is 14.3 Å². The topological polar surface area (TPSA) is 66.4 Å². The number of esters is 1. The fraction of sp³-hybridized carbons (Fsp3) is 0.905. The van der Waals surface area contributed by atoms with Crippen LogP contribution in [0.25, 0.3) is 0 Å². The van der Waals surface area contributed by atoms with Gasteiger partial charge in [0, 0.05) is 0 Å². The Morgan fingerprint density at radius 3 is 1.48 bits per heavy atom. The zero-order valence-electron chi connectivity index (χ0n) is 16.5. The van der Waals surface area contributed by atoms with Gasteiger partial charge in [0.2, 0.25) is 0 Å². The van der Waals surface area contributed by atoms with Crippen LogP contribution in [0.1, 0.15) is 110 Å². The molecule has 4 nitrogen and oxygen atoms in total. The monoisotopic (exact) mass is 355 g/mol. The molecule has 148 valence electrons. The summed E-state index contributed by atoms with van der Waals surface area (Å²) in [6, 6.07) is 0. The highest BCUT2D eigenvalue weighted by molar-refractivity contribution is 5.92. The lowest BCUT2D eigenvalue weighted by atomic mass is 10.00. The van der Waals surface area contributed by atoms with Crippen LogP contribution in [0.3, 0.4) is 0 Å². The van der Waals surface area contributed by atoms with Crippen molar-refractivity contribution >= 4 is 11.9 Å². The number of carbonyl (C=O) groups is 2. The second-order valence-electron chi connectivity index (χ2n) is 7.01. The number of carbonyl (C=O) groups excluding carboxylic acids is 2. The van der Waals surface area contributed by atoms with Gasteiger partial charge in [-0.15, -0.1) is 0 Å². The summed E-state index contributed by atoms with van der Waals surface area (Å²) in [6.45, 7) is 4.14. The lowest BCUT2D eigenvalue weighted by Crippen LogP contribution is -2.37. The first-order valence-corrected chi connectivity index (χ1v) is 10.5. The Hall–Kier alpha value is -1.06. The molecule has 0 aromatic heterocycles. The average Bonchev–Trinajstić information content (AvgIpc) is 2.58. The molecule has 0 amide bonds. The summed E-state index contributed by atoms with van der Waals surface area (Å²) in [5.41, 5.74) is 0. The van der Waals surface area contributed by atoms with Crippen LogP contribution in [0.4, 0.5) is 0 Å². The van der Waals surface area contributed by atoms with Gasteiger partial charge in [-0.25, -0.2) is 0 Å². The van der Waals surface area contributed by atoms with Gasteiger partial charge in [0.15, 0.2) is 0 Å². The molecule has 0 radical (unpaired) electrons. The molecule has 1 atom stereocenters. The van der Waals surface area contributed by atoms with E-state index in [2.05, 4.69) is 6.92 Å². The highest BCUT2D eigenvalue weighted by Gasteiger charge is 2.20. The zero-order valence-corrected chi connectivity index (χ0v) is 16.5. The summed E-state index contributed by atoms with van der Waals surface area (Å²) in [6.07, 6.45) is 17.9. The third-order valence-corrected chi connectivity index (χ3v) is 4.70. The van der Waals surface area contributed by atoms with Crippen molar-refractivity contribution in [3.05, 3.63) is 0 Å². The molecular weight excluding hydrogens is 316 g/mol. The van der Waals surface area contributed by atoms with E-state index in [1.54, 1.807) is 6.92 Å². The molecule has 0 saturated heterocycles. The summed E-state index contributed by atoms with van der Waals surface area (Å²) in [5, 5.41) is 11.0. The van der Waals surface area contributed by atoms with Gasteiger partial charge >= 0.3 is 5.97 Å². The van der Waals surface area contributed by atoms with E-state index in [4.69, 9.17) is 4.74 Å². The van der Waals surface area contributed by atoms with Crippen LogP contribution in [0.5, 0.6) is 0 Å². The average molecular weight is 356 g/mol. The molecule has 0 N–H and O–H groups in total. The first kappa shape index (κ1) is 23.9. The molecule has 0 fully saturated rings. The molecule has 0 saturated carbocycles. The molecule has 0 aromatic carbocycles. The van der Waals surface area contributed by atoms with Crippen molar-refractivity contribution in [1.82, 2.24) is 0 Å². The second kappa shape index (κ2) is 17.8. The molecule has 0 aliphatic heterocycles. The molecule has 0 spiro atoms. The van der Waals surface area contributed by atoms with Gasteiger partial charge in [0.25, 0.3) is 0 Å². The molecule has 0 rings (SSSR count). The van der Waals surface area contributed by atoms with Gasteiger partial charge in [-0.1, -0.05) is 96.8 Å². The predicted molar refractivity (Wildman–Crippen MR) is 100 cm³/mol. The number of carboxylic acid groups (broad SMARTS) is 1. The third-order valence-electron chi connectivity index (χ3n) is 4.70. The quantitative estimate of drug-likeness (QED) is 0.201.